The molecule has 0 spiro atoms. The summed E-state index contributed by atoms with van der Waals surface area (Å²) in [5, 5.41) is 9.09. The fourth-order valence-electron chi connectivity index (χ4n) is 2.81. The minimum Gasteiger partial charge on any atom is -0.392 e. The minimum absolute atomic E-state index is 0.0750. The van der Waals surface area contributed by atoms with E-state index in [-0.39, 0.29) is 17.9 Å². The number of rotatable bonds is 5. The first kappa shape index (κ1) is 17.4. The number of Topliss-reactive ketones (excluding diaryl/α,β-unsaturated/α-hetero) is 1. The molecule has 1 heterocycles. The van der Waals surface area contributed by atoms with Crippen molar-refractivity contribution in [3.8, 4) is 0 Å². The van der Waals surface area contributed by atoms with Gasteiger partial charge < -0.3 is 5.11 Å². The van der Waals surface area contributed by atoms with Gasteiger partial charge in [0.1, 0.15) is 5.78 Å². The van der Waals surface area contributed by atoms with E-state index in [0.29, 0.717) is 10.5 Å². The van der Waals surface area contributed by atoms with Gasteiger partial charge in [-0.1, -0.05) is 12.1 Å². The maximum Gasteiger partial charge on any atom is 0.267 e. The molecule has 1 aliphatic rings. The Hall–Kier alpha value is -1.96. The fourth-order valence-corrected chi connectivity index (χ4v) is 2.81. The maximum atomic E-state index is 13.5. The number of aliphatic hydroxyl groups excluding tert-OH is 1. The molecule has 0 aliphatic carbocycles. The highest BCUT2D eigenvalue weighted by Crippen LogP contribution is 2.46. The van der Waals surface area contributed by atoms with Crippen LogP contribution in [0.5, 0.6) is 0 Å². The zero-order chi connectivity index (χ0) is 17.4. The Morgan fingerprint density at radius 3 is 2.35 bits per heavy atom. The van der Waals surface area contributed by atoms with Crippen molar-refractivity contribution >= 4 is 17.4 Å². The molecule has 8 heteroatoms. The molecule has 0 radical (unpaired) electrons. The van der Waals surface area contributed by atoms with Gasteiger partial charge in [-0.3, -0.25) is 14.5 Å². The van der Waals surface area contributed by atoms with Crippen molar-refractivity contribution in [2.24, 2.45) is 0 Å². The summed E-state index contributed by atoms with van der Waals surface area (Å²) < 4.78 is 54.1. The number of carbonyl (C=O) groups is 2. The summed E-state index contributed by atoms with van der Waals surface area (Å²) >= 11 is 0. The smallest absolute Gasteiger partial charge is 0.267 e. The van der Waals surface area contributed by atoms with E-state index >= 15 is 0 Å². The summed E-state index contributed by atoms with van der Waals surface area (Å²) in [6.45, 7) is 0.696. The molecule has 1 aliphatic heterocycles. The highest BCUT2D eigenvalue weighted by Gasteiger charge is 2.59. The lowest BCUT2D eigenvalue weighted by Crippen LogP contribution is -2.60. The number of alkyl halides is 4. The number of amides is 1. The van der Waals surface area contributed by atoms with Gasteiger partial charge >= 0.3 is 0 Å². The van der Waals surface area contributed by atoms with Gasteiger partial charge in [-0.05, 0) is 24.1 Å². The van der Waals surface area contributed by atoms with E-state index in [2.05, 4.69) is 0 Å². The van der Waals surface area contributed by atoms with Crippen LogP contribution in [0.15, 0.2) is 18.2 Å². The molecule has 0 bridgehead atoms. The van der Waals surface area contributed by atoms with Crippen LogP contribution in [0.3, 0.4) is 0 Å². The Morgan fingerprint density at radius 1 is 1.26 bits per heavy atom. The van der Waals surface area contributed by atoms with Crippen LogP contribution in [0.1, 0.15) is 24.5 Å². The van der Waals surface area contributed by atoms with Gasteiger partial charge in [0.05, 0.1) is 13.0 Å². The molecule has 1 aromatic rings. The molecule has 1 N–H and O–H groups in total. The standard InChI is InChI=1S/C15H15F4NO3/c1-8(22)4-12(23)20-11-3-2-9(7-21)5-10(11)6-15(20,13(16)17)14(18)19/h2-3,5,13-14,21H,4,6-7H2,1H3. The molecule has 1 aromatic carbocycles. The molecule has 0 atom stereocenters. The van der Waals surface area contributed by atoms with Crippen LogP contribution in [-0.2, 0) is 22.6 Å². The lowest BCUT2D eigenvalue weighted by atomic mass is 9.94. The van der Waals surface area contributed by atoms with Crippen LogP contribution in [0, 0.1) is 0 Å². The number of halogens is 4. The highest BCUT2D eigenvalue weighted by atomic mass is 19.3. The molecule has 0 fully saturated rings. The SMILES string of the molecule is CC(=O)CC(=O)N1c2ccc(CO)cc2CC1(C(F)F)C(F)F. The molecule has 2 rings (SSSR count). The fraction of sp³-hybridized carbons (Fsp3) is 0.467. The van der Waals surface area contributed by atoms with E-state index in [1.807, 2.05) is 0 Å². The predicted molar refractivity (Wildman–Crippen MR) is 73.6 cm³/mol. The maximum absolute atomic E-state index is 13.5. The van der Waals surface area contributed by atoms with Gasteiger partial charge in [0.15, 0.2) is 5.54 Å². The molecular formula is C15H15F4NO3. The average molecular weight is 333 g/mol. The lowest BCUT2D eigenvalue weighted by molar-refractivity contribution is -0.130. The van der Waals surface area contributed by atoms with Crippen molar-refractivity contribution in [2.75, 3.05) is 4.90 Å². The van der Waals surface area contributed by atoms with Crippen LogP contribution < -0.4 is 4.90 Å². The summed E-state index contributed by atoms with van der Waals surface area (Å²) in [5.74, 6) is -1.69. The second kappa shape index (κ2) is 6.27. The highest BCUT2D eigenvalue weighted by molar-refractivity contribution is 6.07. The molecule has 0 aromatic heterocycles. The number of aliphatic hydroxyl groups is 1. The number of hydrogen-bond acceptors (Lipinski definition) is 3. The van der Waals surface area contributed by atoms with Crippen molar-refractivity contribution < 1.29 is 32.3 Å². The molecule has 0 saturated heterocycles. The molecule has 23 heavy (non-hydrogen) atoms. The van der Waals surface area contributed by atoms with Gasteiger partial charge in [-0.2, -0.15) is 0 Å². The topological polar surface area (TPSA) is 57.6 Å². The first-order chi connectivity index (χ1) is 10.7. The first-order valence-corrected chi connectivity index (χ1v) is 6.85. The third-order valence-electron chi connectivity index (χ3n) is 3.86. The van der Waals surface area contributed by atoms with Gasteiger partial charge in [-0.15, -0.1) is 0 Å². The second-order valence-electron chi connectivity index (χ2n) is 5.50. The Balaban J connectivity index is 2.59. The Kier molecular flexibility index (Phi) is 4.74. The van der Waals surface area contributed by atoms with E-state index in [9.17, 15) is 27.2 Å². The normalized spacial score (nSPS) is 16.1. The molecule has 126 valence electrons. The number of carbonyl (C=O) groups excluding carboxylic acids is 2. The van der Waals surface area contributed by atoms with Crippen molar-refractivity contribution in [1.82, 2.24) is 0 Å². The first-order valence-electron chi connectivity index (χ1n) is 6.85. The number of benzene rings is 1. The number of anilines is 1. The largest absolute Gasteiger partial charge is 0.392 e. The van der Waals surface area contributed by atoms with E-state index in [4.69, 9.17) is 5.11 Å². The van der Waals surface area contributed by atoms with E-state index < -0.39 is 42.9 Å². The van der Waals surface area contributed by atoms with Crippen molar-refractivity contribution in [3.63, 3.8) is 0 Å². The van der Waals surface area contributed by atoms with E-state index in [1.165, 1.54) is 18.2 Å². The Labute approximate surface area is 129 Å². The van der Waals surface area contributed by atoms with Crippen molar-refractivity contribution in [2.45, 2.75) is 44.8 Å². The van der Waals surface area contributed by atoms with Crippen LogP contribution in [0.2, 0.25) is 0 Å². The van der Waals surface area contributed by atoms with Crippen LogP contribution in [-0.4, -0.2) is 35.2 Å². The monoisotopic (exact) mass is 333 g/mol. The molecule has 0 unspecified atom stereocenters. The number of nitrogens with zero attached hydrogens (tertiary/aromatic N) is 1. The summed E-state index contributed by atoms with van der Waals surface area (Å²) in [6, 6.07) is 3.92. The number of hydrogen-bond donors (Lipinski definition) is 1. The summed E-state index contributed by atoms with van der Waals surface area (Å²) in [7, 11) is 0. The zero-order valence-electron chi connectivity index (χ0n) is 12.2. The van der Waals surface area contributed by atoms with Gasteiger partial charge in [0.2, 0.25) is 5.91 Å². The summed E-state index contributed by atoms with van der Waals surface area (Å²) in [6.07, 6.45) is -8.47. The minimum atomic E-state index is -3.50. The predicted octanol–water partition coefficient (Wildman–Crippen LogP) is 2.32. The zero-order valence-corrected chi connectivity index (χ0v) is 12.2. The van der Waals surface area contributed by atoms with Gasteiger partial charge in [-0.25, -0.2) is 17.6 Å². The second-order valence-corrected chi connectivity index (χ2v) is 5.50. The Morgan fingerprint density at radius 2 is 1.87 bits per heavy atom. The summed E-state index contributed by atoms with van der Waals surface area (Å²) in [4.78, 5) is 23.7. The molecule has 4 nitrogen and oxygen atoms in total. The third kappa shape index (κ3) is 2.83. The van der Waals surface area contributed by atoms with Gasteiger partial charge in [0.25, 0.3) is 12.9 Å². The molecular weight excluding hydrogens is 318 g/mol. The number of ketones is 1. The van der Waals surface area contributed by atoms with Crippen molar-refractivity contribution in [3.05, 3.63) is 29.3 Å². The summed E-state index contributed by atoms with van der Waals surface area (Å²) in [5.41, 5.74) is -2.59. The molecule has 1 amide bonds. The van der Waals surface area contributed by atoms with Crippen LogP contribution in [0.4, 0.5) is 23.2 Å². The third-order valence-corrected chi connectivity index (χ3v) is 3.86. The van der Waals surface area contributed by atoms with E-state index in [0.717, 1.165) is 6.92 Å². The van der Waals surface area contributed by atoms with Gasteiger partial charge in [0, 0.05) is 12.1 Å². The van der Waals surface area contributed by atoms with Crippen molar-refractivity contribution in [1.29, 1.82) is 0 Å². The number of fused-ring (bicyclic) bond motifs is 1. The Bertz CT molecular complexity index is 625. The van der Waals surface area contributed by atoms with Crippen LogP contribution >= 0.6 is 0 Å². The average Bonchev–Trinajstić information content (AvgIpc) is 2.81. The molecule has 0 saturated carbocycles. The van der Waals surface area contributed by atoms with Crippen LogP contribution in [0.25, 0.3) is 0 Å². The van der Waals surface area contributed by atoms with E-state index in [1.54, 1.807) is 0 Å². The lowest BCUT2D eigenvalue weighted by Gasteiger charge is -2.37. The quantitative estimate of drug-likeness (QED) is 0.665.